The van der Waals surface area contributed by atoms with Crippen molar-refractivity contribution in [1.82, 2.24) is 10.3 Å². The molecule has 5 heteroatoms. The van der Waals surface area contributed by atoms with Gasteiger partial charge in [0.15, 0.2) is 0 Å². The van der Waals surface area contributed by atoms with Gasteiger partial charge in [0.05, 0.1) is 6.04 Å². The van der Waals surface area contributed by atoms with Gasteiger partial charge in [-0.15, -0.1) is 11.3 Å². The standard InChI is InChI=1S/C14H23N3OS/c1-9(15)13-17-11(8-19-13)12(18)16-10-5-4-6-14(2,3)7-10/h8-10H,4-7,15H2,1-3H3,(H,16,18). The summed E-state index contributed by atoms with van der Waals surface area (Å²) in [6.45, 7) is 6.41. The third-order valence-corrected chi connectivity index (χ3v) is 4.73. The van der Waals surface area contributed by atoms with E-state index >= 15 is 0 Å². The van der Waals surface area contributed by atoms with Crippen molar-refractivity contribution in [2.45, 2.75) is 58.5 Å². The number of hydrogen-bond acceptors (Lipinski definition) is 4. The average Bonchev–Trinajstić information content (AvgIpc) is 2.76. The Morgan fingerprint density at radius 2 is 2.37 bits per heavy atom. The van der Waals surface area contributed by atoms with Gasteiger partial charge in [-0.3, -0.25) is 4.79 Å². The Hall–Kier alpha value is -0.940. The van der Waals surface area contributed by atoms with E-state index in [1.165, 1.54) is 24.2 Å². The van der Waals surface area contributed by atoms with Crippen LogP contribution in [0, 0.1) is 5.41 Å². The van der Waals surface area contributed by atoms with E-state index in [9.17, 15) is 4.79 Å². The predicted molar refractivity (Wildman–Crippen MR) is 78.2 cm³/mol. The molecule has 0 aliphatic heterocycles. The van der Waals surface area contributed by atoms with Crippen molar-refractivity contribution in [2.24, 2.45) is 11.1 Å². The molecule has 0 spiro atoms. The van der Waals surface area contributed by atoms with E-state index in [1.54, 1.807) is 5.38 Å². The molecular weight excluding hydrogens is 258 g/mol. The fourth-order valence-electron chi connectivity index (χ4n) is 2.68. The van der Waals surface area contributed by atoms with Gasteiger partial charge in [-0.1, -0.05) is 20.3 Å². The van der Waals surface area contributed by atoms with Gasteiger partial charge < -0.3 is 11.1 Å². The molecule has 19 heavy (non-hydrogen) atoms. The maximum absolute atomic E-state index is 12.2. The van der Waals surface area contributed by atoms with Crippen LogP contribution >= 0.6 is 11.3 Å². The van der Waals surface area contributed by atoms with E-state index in [0.29, 0.717) is 11.1 Å². The summed E-state index contributed by atoms with van der Waals surface area (Å²) in [7, 11) is 0. The van der Waals surface area contributed by atoms with Crippen LogP contribution in [0.5, 0.6) is 0 Å². The Kier molecular flexibility index (Phi) is 4.26. The lowest BCUT2D eigenvalue weighted by Gasteiger charge is -2.35. The minimum absolute atomic E-state index is 0.0640. The fourth-order valence-corrected chi connectivity index (χ4v) is 3.44. The highest BCUT2D eigenvalue weighted by Crippen LogP contribution is 2.35. The summed E-state index contributed by atoms with van der Waals surface area (Å²) in [5.74, 6) is -0.0640. The van der Waals surface area contributed by atoms with Gasteiger partial charge in [0.2, 0.25) is 0 Å². The van der Waals surface area contributed by atoms with Crippen LogP contribution in [-0.4, -0.2) is 16.9 Å². The number of amides is 1. The van der Waals surface area contributed by atoms with Crippen molar-refractivity contribution < 1.29 is 4.79 Å². The molecule has 2 unspecified atom stereocenters. The lowest BCUT2D eigenvalue weighted by atomic mass is 9.75. The number of hydrogen-bond donors (Lipinski definition) is 2. The van der Waals surface area contributed by atoms with Crippen LogP contribution in [0.2, 0.25) is 0 Å². The molecule has 0 aromatic carbocycles. The fraction of sp³-hybridized carbons (Fsp3) is 0.714. The maximum Gasteiger partial charge on any atom is 0.270 e. The van der Waals surface area contributed by atoms with Crippen LogP contribution in [0.4, 0.5) is 0 Å². The van der Waals surface area contributed by atoms with E-state index in [4.69, 9.17) is 5.73 Å². The molecule has 1 aliphatic carbocycles. The molecule has 1 fully saturated rings. The Morgan fingerprint density at radius 3 is 2.95 bits per heavy atom. The number of thiazole rings is 1. The number of nitrogens with two attached hydrogens (primary N) is 1. The molecule has 1 heterocycles. The van der Waals surface area contributed by atoms with Crippen LogP contribution in [0.25, 0.3) is 0 Å². The maximum atomic E-state index is 12.2. The average molecular weight is 281 g/mol. The summed E-state index contributed by atoms with van der Waals surface area (Å²) in [6, 6.07) is 0.164. The minimum atomic E-state index is -0.111. The smallest absolute Gasteiger partial charge is 0.270 e. The van der Waals surface area contributed by atoms with Crippen LogP contribution < -0.4 is 11.1 Å². The number of carbonyl (C=O) groups is 1. The first-order chi connectivity index (χ1) is 8.87. The molecule has 106 valence electrons. The molecule has 0 radical (unpaired) electrons. The van der Waals surface area contributed by atoms with Gasteiger partial charge in [0.25, 0.3) is 5.91 Å². The third kappa shape index (κ3) is 3.76. The van der Waals surface area contributed by atoms with Crippen molar-refractivity contribution in [2.75, 3.05) is 0 Å². The third-order valence-electron chi connectivity index (χ3n) is 3.68. The Balaban J connectivity index is 1.96. The van der Waals surface area contributed by atoms with Crippen molar-refractivity contribution in [3.63, 3.8) is 0 Å². The molecule has 3 N–H and O–H groups in total. The van der Waals surface area contributed by atoms with E-state index in [1.807, 2.05) is 6.92 Å². The summed E-state index contributed by atoms with van der Waals surface area (Å²) in [5, 5.41) is 5.72. The topological polar surface area (TPSA) is 68.0 Å². The highest BCUT2D eigenvalue weighted by Gasteiger charge is 2.29. The quantitative estimate of drug-likeness (QED) is 0.895. The van der Waals surface area contributed by atoms with E-state index < -0.39 is 0 Å². The molecule has 1 aromatic rings. The van der Waals surface area contributed by atoms with Crippen molar-refractivity contribution in [3.8, 4) is 0 Å². The molecule has 1 amide bonds. The molecule has 1 aliphatic rings. The van der Waals surface area contributed by atoms with Crippen molar-refractivity contribution in [1.29, 1.82) is 0 Å². The largest absolute Gasteiger partial charge is 0.348 e. The molecule has 0 bridgehead atoms. The molecule has 2 rings (SSSR count). The lowest BCUT2D eigenvalue weighted by molar-refractivity contribution is 0.0898. The first-order valence-corrected chi connectivity index (χ1v) is 7.77. The second kappa shape index (κ2) is 5.59. The predicted octanol–water partition coefficient (Wildman–Crippen LogP) is 2.86. The minimum Gasteiger partial charge on any atom is -0.348 e. The zero-order chi connectivity index (χ0) is 14.0. The normalized spacial score (nSPS) is 23.9. The molecule has 4 nitrogen and oxygen atoms in total. The summed E-state index contributed by atoms with van der Waals surface area (Å²) in [6.07, 6.45) is 4.54. The number of nitrogens with one attached hydrogen (secondary N) is 1. The number of nitrogens with zero attached hydrogens (tertiary/aromatic N) is 1. The molecule has 0 saturated heterocycles. The SMILES string of the molecule is CC(N)c1nc(C(=O)NC2CCCC(C)(C)C2)cs1. The summed E-state index contributed by atoms with van der Waals surface area (Å²) < 4.78 is 0. The van der Waals surface area contributed by atoms with E-state index in [0.717, 1.165) is 17.8 Å². The molecule has 1 aromatic heterocycles. The van der Waals surface area contributed by atoms with Crippen molar-refractivity contribution >= 4 is 17.2 Å². The number of carbonyl (C=O) groups excluding carboxylic acids is 1. The van der Waals surface area contributed by atoms with Crippen LogP contribution in [0.1, 0.15) is 68.0 Å². The lowest BCUT2D eigenvalue weighted by Crippen LogP contribution is -2.40. The first-order valence-electron chi connectivity index (χ1n) is 6.89. The van der Waals surface area contributed by atoms with Gasteiger partial charge in [-0.05, 0) is 31.6 Å². The van der Waals surface area contributed by atoms with E-state index in [-0.39, 0.29) is 18.0 Å². The monoisotopic (exact) mass is 281 g/mol. The highest BCUT2D eigenvalue weighted by atomic mass is 32.1. The second-order valence-corrected chi connectivity index (χ2v) is 7.18. The van der Waals surface area contributed by atoms with Gasteiger partial charge >= 0.3 is 0 Å². The van der Waals surface area contributed by atoms with Gasteiger partial charge in [0, 0.05) is 11.4 Å². The highest BCUT2D eigenvalue weighted by molar-refractivity contribution is 7.09. The summed E-state index contributed by atoms with van der Waals surface area (Å²) in [5.41, 5.74) is 6.59. The molecule has 1 saturated carbocycles. The Bertz CT molecular complexity index is 453. The Morgan fingerprint density at radius 1 is 1.63 bits per heavy atom. The molecular formula is C14H23N3OS. The summed E-state index contributed by atoms with van der Waals surface area (Å²) in [4.78, 5) is 16.4. The first kappa shape index (κ1) is 14.5. The summed E-state index contributed by atoms with van der Waals surface area (Å²) >= 11 is 1.45. The Labute approximate surface area is 118 Å². The van der Waals surface area contributed by atoms with Crippen molar-refractivity contribution in [3.05, 3.63) is 16.1 Å². The van der Waals surface area contributed by atoms with Crippen LogP contribution in [0.3, 0.4) is 0 Å². The van der Waals surface area contributed by atoms with E-state index in [2.05, 4.69) is 24.1 Å². The van der Waals surface area contributed by atoms with Gasteiger partial charge in [0.1, 0.15) is 10.7 Å². The molecule has 2 atom stereocenters. The van der Waals surface area contributed by atoms with Crippen LogP contribution in [-0.2, 0) is 0 Å². The second-order valence-electron chi connectivity index (χ2n) is 6.29. The van der Waals surface area contributed by atoms with Gasteiger partial charge in [-0.2, -0.15) is 0 Å². The zero-order valence-corrected chi connectivity index (χ0v) is 12.7. The number of rotatable bonds is 3. The van der Waals surface area contributed by atoms with Gasteiger partial charge in [-0.25, -0.2) is 4.98 Å². The number of aromatic nitrogens is 1. The van der Waals surface area contributed by atoms with Crippen LogP contribution in [0.15, 0.2) is 5.38 Å². The zero-order valence-electron chi connectivity index (χ0n) is 11.9.